The summed E-state index contributed by atoms with van der Waals surface area (Å²) in [6.45, 7) is 4.34. The fourth-order valence-electron chi connectivity index (χ4n) is 2.29. The van der Waals surface area contributed by atoms with E-state index in [-0.39, 0.29) is 23.3 Å². The van der Waals surface area contributed by atoms with E-state index in [0.717, 1.165) is 0 Å². The van der Waals surface area contributed by atoms with Crippen molar-refractivity contribution in [3.05, 3.63) is 0 Å². The molecule has 7 nitrogen and oxygen atoms in total. The minimum Gasteiger partial charge on any atom is -0.480 e. The molecule has 1 saturated heterocycles. The average Bonchev–Trinajstić information content (AvgIpc) is 2.72. The van der Waals surface area contributed by atoms with Gasteiger partial charge in [-0.15, -0.1) is 0 Å². The van der Waals surface area contributed by atoms with Crippen molar-refractivity contribution in [3.8, 4) is 0 Å². The molecule has 20 heavy (non-hydrogen) atoms. The first kappa shape index (κ1) is 16.9. The summed E-state index contributed by atoms with van der Waals surface area (Å²) in [5.41, 5.74) is 0. The van der Waals surface area contributed by atoms with E-state index in [0.29, 0.717) is 19.5 Å². The normalized spacial score (nSPS) is 22.4. The monoisotopic (exact) mass is 306 g/mol. The Morgan fingerprint density at radius 1 is 1.45 bits per heavy atom. The molecule has 0 saturated carbocycles. The van der Waals surface area contributed by atoms with Crippen molar-refractivity contribution in [2.24, 2.45) is 5.92 Å². The number of carbonyl (C=O) groups is 2. The van der Waals surface area contributed by atoms with Gasteiger partial charge in [0.25, 0.3) is 0 Å². The van der Waals surface area contributed by atoms with Crippen molar-refractivity contribution in [1.29, 1.82) is 0 Å². The number of carboxylic acid groups (broad SMARTS) is 1. The first-order valence-corrected chi connectivity index (χ1v) is 8.52. The van der Waals surface area contributed by atoms with Crippen LogP contribution in [0.5, 0.6) is 0 Å². The second-order valence-electron chi connectivity index (χ2n) is 5.13. The number of carbonyl (C=O) groups excluding carboxylic acids is 1. The zero-order chi connectivity index (χ0) is 15.3. The summed E-state index contributed by atoms with van der Waals surface area (Å²) in [6.07, 6.45) is 0.315. The smallest absolute Gasteiger partial charge is 0.323 e. The van der Waals surface area contributed by atoms with Gasteiger partial charge in [-0.1, -0.05) is 13.8 Å². The SMILES string of the molecule is CCNCC(C)C(=O)N(CC(=O)O)C1CCS(=O)(=O)C1. The number of rotatable bonds is 7. The van der Waals surface area contributed by atoms with Crippen LogP contribution in [0, 0.1) is 5.92 Å². The summed E-state index contributed by atoms with van der Waals surface area (Å²) < 4.78 is 23.0. The van der Waals surface area contributed by atoms with Gasteiger partial charge in [0.05, 0.1) is 11.5 Å². The molecule has 0 aromatic carbocycles. The predicted molar refractivity (Wildman–Crippen MR) is 74.1 cm³/mol. The Labute approximate surface area is 119 Å². The Morgan fingerprint density at radius 2 is 2.10 bits per heavy atom. The van der Waals surface area contributed by atoms with Crippen molar-refractivity contribution in [2.75, 3.05) is 31.1 Å². The van der Waals surface area contributed by atoms with E-state index in [2.05, 4.69) is 5.32 Å². The highest BCUT2D eigenvalue weighted by Gasteiger charge is 2.36. The Hall–Kier alpha value is -1.15. The lowest BCUT2D eigenvalue weighted by Gasteiger charge is -2.29. The Kier molecular flexibility index (Phi) is 5.94. The third-order valence-electron chi connectivity index (χ3n) is 3.36. The lowest BCUT2D eigenvalue weighted by molar-refractivity contribution is -0.147. The van der Waals surface area contributed by atoms with Crippen molar-refractivity contribution in [3.63, 3.8) is 0 Å². The molecule has 2 unspecified atom stereocenters. The Morgan fingerprint density at radius 3 is 2.55 bits per heavy atom. The van der Waals surface area contributed by atoms with Crippen molar-refractivity contribution < 1.29 is 23.1 Å². The number of hydrogen-bond acceptors (Lipinski definition) is 5. The van der Waals surface area contributed by atoms with Gasteiger partial charge in [-0.05, 0) is 13.0 Å². The second-order valence-corrected chi connectivity index (χ2v) is 7.35. The number of nitrogens with zero attached hydrogens (tertiary/aromatic N) is 1. The molecule has 0 aliphatic carbocycles. The van der Waals surface area contributed by atoms with Crippen LogP contribution in [0.1, 0.15) is 20.3 Å². The third kappa shape index (κ3) is 4.75. The molecule has 0 bridgehead atoms. The van der Waals surface area contributed by atoms with E-state index in [1.165, 1.54) is 4.90 Å². The molecule has 0 aromatic heterocycles. The third-order valence-corrected chi connectivity index (χ3v) is 5.11. The number of nitrogens with one attached hydrogen (secondary N) is 1. The zero-order valence-corrected chi connectivity index (χ0v) is 12.6. The highest BCUT2D eigenvalue weighted by Crippen LogP contribution is 2.19. The molecular formula is C12H22N2O5S. The topological polar surface area (TPSA) is 104 Å². The van der Waals surface area contributed by atoms with Crippen LogP contribution >= 0.6 is 0 Å². The maximum atomic E-state index is 12.3. The van der Waals surface area contributed by atoms with Gasteiger partial charge < -0.3 is 15.3 Å². The first-order chi connectivity index (χ1) is 9.26. The van der Waals surface area contributed by atoms with Gasteiger partial charge in [0, 0.05) is 18.5 Å². The number of carboxylic acids is 1. The lowest BCUT2D eigenvalue weighted by atomic mass is 10.1. The van der Waals surface area contributed by atoms with E-state index in [9.17, 15) is 18.0 Å². The van der Waals surface area contributed by atoms with E-state index in [1.807, 2.05) is 6.92 Å². The minimum absolute atomic E-state index is 0.0165. The average molecular weight is 306 g/mol. The van der Waals surface area contributed by atoms with Crippen LogP contribution in [0.25, 0.3) is 0 Å². The predicted octanol–water partition coefficient (Wildman–Crippen LogP) is -0.668. The molecule has 1 aliphatic rings. The maximum absolute atomic E-state index is 12.3. The molecule has 0 radical (unpaired) electrons. The van der Waals surface area contributed by atoms with E-state index >= 15 is 0 Å². The molecule has 116 valence electrons. The van der Waals surface area contributed by atoms with E-state index in [1.54, 1.807) is 6.92 Å². The summed E-state index contributed by atoms with van der Waals surface area (Å²) in [5, 5.41) is 12.0. The lowest BCUT2D eigenvalue weighted by Crippen LogP contribution is -2.48. The number of amides is 1. The molecule has 2 N–H and O–H groups in total. The highest BCUT2D eigenvalue weighted by atomic mass is 32.2. The highest BCUT2D eigenvalue weighted by molar-refractivity contribution is 7.91. The van der Waals surface area contributed by atoms with Crippen LogP contribution in [0.3, 0.4) is 0 Å². The summed E-state index contributed by atoms with van der Waals surface area (Å²) in [6, 6.07) is -0.521. The molecule has 1 aliphatic heterocycles. The molecule has 1 amide bonds. The van der Waals surface area contributed by atoms with Crippen LogP contribution in [0.15, 0.2) is 0 Å². The van der Waals surface area contributed by atoms with Crippen LogP contribution in [0.4, 0.5) is 0 Å². The molecule has 0 spiro atoms. The van der Waals surface area contributed by atoms with Gasteiger partial charge in [-0.2, -0.15) is 0 Å². The number of aliphatic carboxylic acids is 1. The number of hydrogen-bond donors (Lipinski definition) is 2. The Bertz CT molecular complexity index is 462. The van der Waals surface area contributed by atoms with Gasteiger partial charge in [0.15, 0.2) is 9.84 Å². The van der Waals surface area contributed by atoms with Crippen molar-refractivity contribution in [2.45, 2.75) is 26.3 Å². The van der Waals surface area contributed by atoms with E-state index in [4.69, 9.17) is 5.11 Å². The molecule has 0 aromatic rings. The zero-order valence-electron chi connectivity index (χ0n) is 11.8. The van der Waals surface area contributed by atoms with Crippen LogP contribution in [-0.4, -0.2) is 67.5 Å². The molecule has 1 fully saturated rings. The fourth-order valence-corrected chi connectivity index (χ4v) is 4.02. The van der Waals surface area contributed by atoms with Gasteiger partial charge in [0.2, 0.25) is 5.91 Å². The summed E-state index contributed by atoms with van der Waals surface area (Å²) in [7, 11) is -3.15. The second kappa shape index (κ2) is 7.03. The van der Waals surface area contributed by atoms with Gasteiger partial charge in [0.1, 0.15) is 6.54 Å². The molecule has 2 atom stereocenters. The fraction of sp³-hybridized carbons (Fsp3) is 0.833. The van der Waals surface area contributed by atoms with Gasteiger partial charge in [-0.25, -0.2) is 8.42 Å². The largest absolute Gasteiger partial charge is 0.480 e. The molecular weight excluding hydrogens is 284 g/mol. The molecule has 1 heterocycles. The van der Waals surface area contributed by atoms with Gasteiger partial charge >= 0.3 is 5.97 Å². The first-order valence-electron chi connectivity index (χ1n) is 6.70. The quantitative estimate of drug-likeness (QED) is 0.646. The van der Waals surface area contributed by atoms with Crippen LogP contribution < -0.4 is 5.32 Å². The summed E-state index contributed by atoms with van der Waals surface area (Å²) in [5.74, 6) is -1.94. The van der Waals surface area contributed by atoms with Crippen molar-refractivity contribution in [1.82, 2.24) is 10.2 Å². The minimum atomic E-state index is -3.15. The number of sulfone groups is 1. The standard InChI is InChI=1S/C12H22N2O5S/c1-3-13-6-9(2)12(17)14(7-11(15)16)10-4-5-20(18,19)8-10/h9-10,13H,3-8H2,1-2H3,(H,15,16). The maximum Gasteiger partial charge on any atom is 0.323 e. The van der Waals surface area contributed by atoms with Crippen LogP contribution in [0.2, 0.25) is 0 Å². The van der Waals surface area contributed by atoms with E-state index < -0.39 is 28.4 Å². The van der Waals surface area contributed by atoms with Crippen molar-refractivity contribution >= 4 is 21.7 Å². The Balaban J connectivity index is 2.78. The van der Waals surface area contributed by atoms with Crippen LogP contribution in [-0.2, 0) is 19.4 Å². The summed E-state index contributed by atoms with van der Waals surface area (Å²) in [4.78, 5) is 24.4. The summed E-state index contributed by atoms with van der Waals surface area (Å²) >= 11 is 0. The molecule has 8 heteroatoms. The van der Waals surface area contributed by atoms with Gasteiger partial charge in [-0.3, -0.25) is 9.59 Å². The molecule has 1 rings (SSSR count).